The van der Waals surface area contributed by atoms with E-state index in [2.05, 4.69) is 16.7 Å². The van der Waals surface area contributed by atoms with Crippen LogP contribution in [0.2, 0.25) is 0 Å². The predicted octanol–water partition coefficient (Wildman–Crippen LogP) is 0.768. The third kappa shape index (κ3) is 1.74. The molecule has 0 unspecified atom stereocenters. The number of nitrogens with zero attached hydrogens (tertiary/aromatic N) is 3. The van der Waals surface area contributed by atoms with E-state index in [0.29, 0.717) is 12.5 Å². The Bertz CT molecular complexity index is 255. The highest BCUT2D eigenvalue weighted by atomic mass is 32.2. The second-order valence-electron chi connectivity index (χ2n) is 1.93. The van der Waals surface area contributed by atoms with Crippen molar-refractivity contribution in [3.05, 3.63) is 12.7 Å². The highest BCUT2D eigenvalue weighted by Gasteiger charge is 2.03. The molecular weight excluding hydrogens is 160 g/mol. The standard InChI is InChI=1S/C6H10N4S/c1-3-4-10-6(11-2)8-5(7)9-10/h3H,1,4H2,2H3,(H2,7,9). The molecule has 0 saturated heterocycles. The number of hydrogen-bond acceptors (Lipinski definition) is 4. The van der Waals surface area contributed by atoms with E-state index >= 15 is 0 Å². The summed E-state index contributed by atoms with van der Waals surface area (Å²) in [4.78, 5) is 3.99. The minimum atomic E-state index is 0.316. The topological polar surface area (TPSA) is 56.7 Å². The van der Waals surface area contributed by atoms with Gasteiger partial charge in [0.05, 0.1) is 6.54 Å². The van der Waals surface area contributed by atoms with Crippen LogP contribution in [-0.2, 0) is 6.54 Å². The van der Waals surface area contributed by atoms with Crippen molar-refractivity contribution in [1.29, 1.82) is 0 Å². The number of nitrogen functional groups attached to an aromatic ring is 1. The molecule has 0 aliphatic rings. The molecule has 0 aromatic carbocycles. The molecule has 0 fully saturated rings. The van der Waals surface area contributed by atoms with E-state index < -0.39 is 0 Å². The van der Waals surface area contributed by atoms with E-state index in [9.17, 15) is 0 Å². The average molecular weight is 170 g/mol. The second-order valence-corrected chi connectivity index (χ2v) is 2.70. The summed E-state index contributed by atoms with van der Waals surface area (Å²) >= 11 is 1.52. The lowest BCUT2D eigenvalue weighted by molar-refractivity contribution is 0.633. The van der Waals surface area contributed by atoms with Crippen LogP contribution in [0.25, 0.3) is 0 Å². The van der Waals surface area contributed by atoms with Crippen molar-refractivity contribution in [3.8, 4) is 0 Å². The van der Waals surface area contributed by atoms with Gasteiger partial charge in [0.25, 0.3) is 0 Å². The number of anilines is 1. The zero-order valence-electron chi connectivity index (χ0n) is 6.32. The van der Waals surface area contributed by atoms with E-state index in [-0.39, 0.29) is 0 Å². The van der Waals surface area contributed by atoms with Crippen LogP contribution in [0.4, 0.5) is 5.95 Å². The Morgan fingerprint density at radius 3 is 3.09 bits per heavy atom. The van der Waals surface area contributed by atoms with Crippen LogP contribution in [0.1, 0.15) is 0 Å². The van der Waals surface area contributed by atoms with Gasteiger partial charge < -0.3 is 5.73 Å². The lowest BCUT2D eigenvalue weighted by atomic mass is 10.6. The number of thioether (sulfide) groups is 1. The second kappa shape index (κ2) is 3.43. The summed E-state index contributed by atoms with van der Waals surface area (Å²) in [6.07, 6.45) is 3.69. The third-order valence-electron chi connectivity index (χ3n) is 1.14. The van der Waals surface area contributed by atoms with Gasteiger partial charge in [0.1, 0.15) is 0 Å². The molecule has 0 spiro atoms. The normalized spacial score (nSPS) is 9.91. The van der Waals surface area contributed by atoms with E-state index in [1.165, 1.54) is 11.8 Å². The molecular formula is C6H10N4S. The van der Waals surface area contributed by atoms with Gasteiger partial charge in [-0.2, -0.15) is 4.98 Å². The maximum Gasteiger partial charge on any atom is 0.240 e. The van der Waals surface area contributed by atoms with E-state index in [4.69, 9.17) is 5.73 Å². The van der Waals surface area contributed by atoms with Crippen LogP contribution in [0.3, 0.4) is 0 Å². The fourth-order valence-electron chi connectivity index (χ4n) is 0.737. The molecule has 5 heteroatoms. The Hall–Kier alpha value is -0.970. The van der Waals surface area contributed by atoms with Gasteiger partial charge in [-0.15, -0.1) is 11.7 Å². The molecule has 4 nitrogen and oxygen atoms in total. The van der Waals surface area contributed by atoms with Crippen molar-refractivity contribution < 1.29 is 0 Å². The zero-order valence-corrected chi connectivity index (χ0v) is 7.14. The Kier molecular flexibility index (Phi) is 2.53. The van der Waals surface area contributed by atoms with Crippen molar-refractivity contribution in [2.24, 2.45) is 0 Å². The smallest absolute Gasteiger partial charge is 0.240 e. The Labute approximate surface area is 69.5 Å². The third-order valence-corrected chi connectivity index (χ3v) is 1.81. The number of nitrogens with two attached hydrogens (primary N) is 1. The summed E-state index contributed by atoms with van der Waals surface area (Å²) in [6.45, 7) is 4.26. The van der Waals surface area contributed by atoms with Crippen LogP contribution in [0.15, 0.2) is 17.8 Å². The summed E-state index contributed by atoms with van der Waals surface area (Å²) in [5.74, 6) is 0.316. The van der Waals surface area contributed by atoms with Crippen molar-refractivity contribution in [1.82, 2.24) is 14.8 Å². The number of rotatable bonds is 3. The average Bonchev–Trinajstić information content (AvgIpc) is 2.32. The molecule has 1 rings (SSSR count). The van der Waals surface area contributed by atoms with Gasteiger partial charge in [-0.25, -0.2) is 4.68 Å². The monoisotopic (exact) mass is 170 g/mol. The van der Waals surface area contributed by atoms with Crippen LogP contribution >= 0.6 is 11.8 Å². The summed E-state index contributed by atoms with van der Waals surface area (Å²) < 4.78 is 1.72. The van der Waals surface area contributed by atoms with Crippen molar-refractivity contribution in [2.45, 2.75) is 11.7 Å². The maximum absolute atomic E-state index is 5.39. The first-order valence-corrected chi connectivity index (χ1v) is 4.35. The maximum atomic E-state index is 5.39. The van der Waals surface area contributed by atoms with Crippen LogP contribution in [0, 0.1) is 0 Å². The molecule has 0 amide bonds. The first-order chi connectivity index (χ1) is 5.27. The van der Waals surface area contributed by atoms with Crippen LogP contribution in [-0.4, -0.2) is 21.0 Å². The van der Waals surface area contributed by atoms with E-state index in [0.717, 1.165) is 5.16 Å². The molecule has 1 aromatic rings. The minimum Gasteiger partial charge on any atom is -0.366 e. The highest BCUT2D eigenvalue weighted by molar-refractivity contribution is 7.98. The molecule has 0 bridgehead atoms. The Morgan fingerprint density at radius 2 is 2.55 bits per heavy atom. The zero-order chi connectivity index (χ0) is 8.27. The fourth-order valence-corrected chi connectivity index (χ4v) is 1.25. The summed E-state index contributed by atoms with van der Waals surface area (Å²) in [5.41, 5.74) is 5.39. The number of hydrogen-bond donors (Lipinski definition) is 1. The molecule has 11 heavy (non-hydrogen) atoms. The van der Waals surface area contributed by atoms with Crippen LogP contribution < -0.4 is 5.73 Å². The van der Waals surface area contributed by atoms with Gasteiger partial charge in [0.2, 0.25) is 5.95 Å². The summed E-state index contributed by atoms with van der Waals surface area (Å²) in [7, 11) is 0. The molecule has 0 aliphatic heterocycles. The molecule has 0 radical (unpaired) electrons. The van der Waals surface area contributed by atoms with Gasteiger partial charge >= 0.3 is 0 Å². The first kappa shape index (κ1) is 8.13. The van der Waals surface area contributed by atoms with Gasteiger partial charge in [0, 0.05) is 0 Å². The SMILES string of the molecule is C=CCn1nc(N)nc1SC. The lowest BCUT2D eigenvalue weighted by Gasteiger charge is -1.96. The van der Waals surface area contributed by atoms with Crippen molar-refractivity contribution >= 4 is 17.7 Å². The number of allylic oxidation sites excluding steroid dienone is 1. The van der Waals surface area contributed by atoms with Gasteiger partial charge in [-0.3, -0.25) is 0 Å². The van der Waals surface area contributed by atoms with Crippen molar-refractivity contribution in [2.75, 3.05) is 12.0 Å². The highest BCUT2D eigenvalue weighted by Crippen LogP contribution is 2.12. The fraction of sp³-hybridized carbons (Fsp3) is 0.333. The van der Waals surface area contributed by atoms with E-state index in [1.54, 1.807) is 10.8 Å². The molecule has 1 heterocycles. The van der Waals surface area contributed by atoms with Gasteiger partial charge in [-0.1, -0.05) is 17.8 Å². The largest absolute Gasteiger partial charge is 0.366 e. The van der Waals surface area contributed by atoms with Crippen molar-refractivity contribution in [3.63, 3.8) is 0 Å². The molecule has 0 atom stereocenters. The quantitative estimate of drug-likeness (QED) is 0.537. The molecule has 1 aromatic heterocycles. The molecule has 60 valence electrons. The lowest BCUT2D eigenvalue weighted by Crippen LogP contribution is -1.99. The first-order valence-electron chi connectivity index (χ1n) is 3.13. The summed E-state index contributed by atoms with van der Waals surface area (Å²) in [5, 5.41) is 4.78. The summed E-state index contributed by atoms with van der Waals surface area (Å²) in [6, 6.07) is 0. The molecule has 0 aliphatic carbocycles. The molecule has 2 N–H and O–H groups in total. The number of aromatic nitrogens is 3. The molecule has 0 saturated carbocycles. The minimum absolute atomic E-state index is 0.316. The van der Waals surface area contributed by atoms with Gasteiger partial charge in [0.15, 0.2) is 5.16 Å². The van der Waals surface area contributed by atoms with E-state index in [1.807, 2.05) is 6.26 Å². The Morgan fingerprint density at radius 1 is 1.82 bits per heavy atom. The van der Waals surface area contributed by atoms with Crippen LogP contribution in [0.5, 0.6) is 0 Å². The predicted molar refractivity (Wildman–Crippen MR) is 46.4 cm³/mol. The Balaban J connectivity index is 2.91. The van der Waals surface area contributed by atoms with Gasteiger partial charge in [-0.05, 0) is 6.26 Å².